The van der Waals surface area contributed by atoms with Gasteiger partial charge in [0.15, 0.2) is 0 Å². The van der Waals surface area contributed by atoms with Crippen LogP contribution in [-0.2, 0) is 6.61 Å². The predicted molar refractivity (Wildman–Crippen MR) is 77.8 cm³/mol. The van der Waals surface area contributed by atoms with Crippen molar-refractivity contribution >= 4 is 11.8 Å². The average molecular weight is 272 g/mol. The van der Waals surface area contributed by atoms with Crippen LogP contribution in [0.2, 0.25) is 0 Å². The first-order valence-corrected chi connectivity index (χ1v) is 7.40. The molecule has 1 heterocycles. The number of aliphatic hydroxyl groups is 1. The Kier molecular flexibility index (Phi) is 3.76. The first kappa shape index (κ1) is 12.6. The van der Waals surface area contributed by atoms with Crippen LogP contribution in [0.5, 0.6) is 5.75 Å². The van der Waals surface area contributed by atoms with Crippen molar-refractivity contribution in [3.8, 4) is 5.75 Å². The number of thioether (sulfide) groups is 1. The SMILES string of the molecule is OCc1ccccc1OCC1CSc2ccccc21. The third-order valence-corrected chi connectivity index (χ3v) is 4.63. The number of aliphatic hydroxyl groups excluding tert-OH is 1. The van der Waals surface area contributed by atoms with Gasteiger partial charge in [-0.3, -0.25) is 0 Å². The number of fused-ring (bicyclic) bond motifs is 1. The van der Waals surface area contributed by atoms with Gasteiger partial charge < -0.3 is 9.84 Å². The molecule has 1 aliphatic rings. The van der Waals surface area contributed by atoms with Gasteiger partial charge in [0.2, 0.25) is 0 Å². The molecule has 19 heavy (non-hydrogen) atoms. The summed E-state index contributed by atoms with van der Waals surface area (Å²) in [5, 5.41) is 9.28. The van der Waals surface area contributed by atoms with Crippen molar-refractivity contribution in [3.05, 3.63) is 59.7 Å². The van der Waals surface area contributed by atoms with Crippen LogP contribution in [-0.4, -0.2) is 17.5 Å². The van der Waals surface area contributed by atoms with Gasteiger partial charge in [-0.15, -0.1) is 11.8 Å². The fourth-order valence-electron chi connectivity index (χ4n) is 2.33. The number of para-hydroxylation sites is 1. The molecule has 0 aliphatic carbocycles. The van der Waals surface area contributed by atoms with E-state index in [1.54, 1.807) is 0 Å². The van der Waals surface area contributed by atoms with E-state index in [0.29, 0.717) is 12.5 Å². The van der Waals surface area contributed by atoms with Gasteiger partial charge in [-0.1, -0.05) is 36.4 Å². The van der Waals surface area contributed by atoms with Crippen LogP contribution in [0.15, 0.2) is 53.4 Å². The van der Waals surface area contributed by atoms with E-state index in [4.69, 9.17) is 4.74 Å². The molecule has 2 nitrogen and oxygen atoms in total. The molecule has 1 unspecified atom stereocenters. The molecule has 0 spiro atoms. The first-order chi connectivity index (χ1) is 9.38. The highest BCUT2D eigenvalue weighted by Gasteiger charge is 2.23. The summed E-state index contributed by atoms with van der Waals surface area (Å²) in [6.07, 6.45) is 0. The summed E-state index contributed by atoms with van der Waals surface area (Å²) in [7, 11) is 0. The molecule has 3 rings (SSSR count). The van der Waals surface area contributed by atoms with Crippen LogP contribution in [0, 0.1) is 0 Å². The normalized spacial score (nSPS) is 17.2. The highest BCUT2D eigenvalue weighted by molar-refractivity contribution is 7.99. The van der Waals surface area contributed by atoms with Crippen molar-refractivity contribution in [3.63, 3.8) is 0 Å². The molecule has 98 valence electrons. The Morgan fingerprint density at radius 1 is 1.11 bits per heavy atom. The molecule has 2 aromatic carbocycles. The zero-order valence-corrected chi connectivity index (χ0v) is 11.4. The maximum atomic E-state index is 9.28. The van der Waals surface area contributed by atoms with Gasteiger partial charge in [-0.05, 0) is 17.7 Å². The van der Waals surface area contributed by atoms with Crippen molar-refractivity contribution in [2.45, 2.75) is 17.4 Å². The topological polar surface area (TPSA) is 29.5 Å². The van der Waals surface area contributed by atoms with Crippen molar-refractivity contribution in [2.75, 3.05) is 12.4 Å². The van der Waals surface area contributed by atoms with Crippen LogP contribution in [0.25, 0.3) is 0 Å². The van der Waals surface area contributed by atoms with Crippen molar-refractivity contribution in [1.82, 2.24) is 0 Å². The first-order valence-electron chi connectivity index (χ1n) is 6.42. The Bertz CT molecular complexity index is 568. The Hall–Kier alpha value is -1.45. The van der Waals surface area contributed by atoms with E-state index in [2.05, 4.69) is 24.3 Å². The number of ether oxygens (including phenoxy) is 1. The molecular weight excluding hydrogens is 256 g/mol. The van der Waals surface area contributed by atoms with Crippen LogP contribution < -0.4 is 4.74 Å². The number of rotatable bonds is 4. The van der Waals surface area contributed by atoms with Gasteiger partial charge in [-0.2, -0.15) is 0 Å². The van der Waals surface area contributed by atoms with Crippen molar-refractivity contribution in [1.29, 1.82) is 0 Å². The molecule has 3 heteroatoms. The second-order valence-electron chi connectivity index (χ2n) is 4.62. The fraction of sp³-hybridized carbons (Fsp3) is 0.250. The standard InChI is InChI=1S/C16H16O2S/c17-9-12-5-1-3-7-15(12)18-10-13-11-19-16-8-4-2-6-14(13)16/h1-8,13,17H,9-11H2. The maximum absolute atomic E-state index is 9.28. The van der Waals surface area contributed by atoms with E-state index >= 15 is 0 Å². The van der Waals surface area contributed by atoms with E-state index in [9.17, 15) is 5.11 Å². The zero-order chi connectivity index (χ0) is 13.1. The molecule has 1 N–H and O–H groups in total. The highest BCUT2D eigenvalue weighted by Crippen LogP contribution is 2.39. The molecule has 0 amide bonds. The van der Waals surface area contributed by atoms with Crippen molar-refractivity contribution in [2.24, 2.45) is 0 Å². The predicted octanol–water partition coefficient (Wildman–Crippen LogP) is 3.45. The molecule has 2 aromatic rings. The average Bonchev–Trinajstić information content (AvgIpc) is 2.89. The Balaban J connectivity index is 1.71. The number of hydrogen-bond donors (Lipinski definition) is 1. The second-order valence-corrected chi connectivity index (χ2v) is 5.68. The lowest BCUT2D eigenvalue weighted by Crippen LogP contribution is -2.10. The lowest BCUT2D eigenvalue weighted by atomic mass is 10.0. The third-order valence-electron chi connectivity index (χ3n) is 3.38. The van der Waals surface area contributed by atoms with Crippen LogP contribution in [0.3, 0.4) is 0 Å². The summed E-state index contributed by atoms with van der Waals surface area (Å²) in [5.41, 5.74) is 2.23. The third kappa shape index (κ3) is 2.62. The number of benzene rings is 2. The van der Waals surface area contributed by atoms with Gasteiger partial charge in [0.05, 0.1) is 13.2 Å². The Labute approximate surface area is 117 Å². The summed E-state index contributed by atoms with van der Waals surface area (Å²) < 4.78 is 5.90. The number of hydrogen-bond acceptors (Lipinski definition) is 3. The summed E-state index contributed by atoms with van der Waals surface area (Å²) >= 11 is 1.89. The molecule has 1 aliphatic heterocycles. The van der Waals surface area contributed by atoms with E-state index in [1.807, 2.05) is 36.0 Å². The van der Waals surface area contributed by atoms with Crippen LogP contribution in [0.4, 0.5) is 0 Å². The minimum absolute atomic E-state index is 0.0200. The zero-order valence-electron chi connectivity index (χ0n) is 10.6. The summed E-state index contributed by atoms with van der Waals surface area (Å²) in [6, 6.07) is 16.2. The van der Waals surface area contributed by atoms with Gasteiger partial charge >= 0.3 is 0 Å². The molecule has 1 atom stereocenters. The van der Waals surface area contributed by atoms with E-state index in [-0.39, 0.29) is 6.61 Å². The fourth-order valence-corrected chi connectivity index (χ4v) is 3.57. The van der Waals surface area contributed by atoms with E-state index < -0.39 is 0 Å². The van der Waals surface area contributed by atoms with Gasteiger partial charge in [-0.25, -0.2) is 0 Å². The smallest absolute Gasteiger partial charge is 0.124 e. The molecule has 0 fully saturated rings. The Morgan fingerprint density at radius 2 is 1.89 bits per heavy atom. The van der Waals surface area contributed by atoms with E-state index in [1.165, 1.54) is 10.5 Å². The molecule has 0 saturated carbocycles. The lowest BCUT2D eigenvalue weighted by Gasteiger charge is -2.14. The molecule has 0 bridgehead atoms. The maximum Gasteiger partial charge on any atom is 0.124 e. The van der Waals surface area contributed by atoms with Crippen LogP contribution in [0.1, 0.15) is 17.0 Å². The summed E-state index contributed by atoms with van der Waals surface area (Å²) in [4.78, 5) is 1.37. The minimum atomic E-state index is 0.0200. The van der Waals surface area contributed by atoms with Crippen LogP contribution >= 0.6 is 11.8 Å². The molecular formula is C16H16O2S. The van der Waals surface area contributed by atoms with Gasteiger partial charge in [0, 0.05) is 22.1 Å². The highest BCUT2D eigenvalue weighted by atomic mass is 32.2. The van der Waals surface area contributed by atoms with Gasteiger partial charge in [0.25, 0.3) is 0 Å². The summed E-state index contributed by atoms with van der Waals surface area (Å²) in [5.74, 6) is 2.30. The molecule has 0 aromatic heterocycles. The van der Waals surface area contributed by atoms with Crippen molar-refractivity contribution < 1.29 is 9.84 Å². The molecule has 0 radical (unpaired) electrons. The summed E-state index contributed by atoms with van der Waals surface area (Å²) in [6.45, 7) is 0.688. The molecule has 0 saturated heterocycles. The monoisotopic (exact) mass is 272 g/mol. The van der Waals surface area contributed by atoms with E-state index in [0.717, 1.165) is 17.1 Å². The second kappa shape index (κ2) is 5.68. The minimum Gasteiger partial charge on any atom is -0.493 e. The van der Waals surface area contributed by atoms with Gasteiger partial charge in [0.1, 0.15) is 5.75 Å². The lowest BCUT2D eigenvalue weighted by molar-refractivity contribution is 0.257. The quantitative estimate of drug-likeness (QED) is 0.924. The Morgan fingerprint density at radius 3 is 2.79 bits per heavy atom. The largest absolute Gasteiger partial charge is 0.493 e.